The van der Waals surface area contributed by atoms with Gasteiger partial charge in [0.1, 0.15) is 0 Å². The molecule has 0 spiro atoms. The van der Waals surface area contributed by atoms with Crippen molar-refractivity contribution in [2.75, 3.05) is 6.61 Å². The van der Waals surface area contributed by atoms with Gasteiger partial charge >= 0.3 is 52.4 Å². The minimum absolute atomic E-state index is 0. The Morgan fingerprint density at radius 2 is 1.69 bits per heavy atom. The van der Waals surface area contributed by atoms with Crippen LogP contribution in [0.3, 0.4) is 0 Å². The van der Waals surface area contributed by atoms with Gasteiger partial charge in [0, 0.05) is 0 Å². The Kier molecular flexibility index (Phi) is 33.9. The van der Waals surface area contributed by atoms with Crippen LogP contribution >= 0.6 is 0 Å². The first kappa shape index (κ1) is 23.6. The Hall–Kier alpha value is 0.936. The molecule has 66 valence electrons. The van der Waals surface area contributed by atoms with Crippen LogP contribution in [0.15, 0.2) is 12.2 Å². The predicted molar refractivity (Wildman–Crippen MR) is 39.6 cm³/mol. The van der Waals surface area contributed by atoms with E-state index in [1.165, 1.54) is 6.92 Å². The smallest absolute Gasteiger partial charge is 0.854 e. The van der Waals surface area contributed by atoms with Crippen molar-refractivity contribution < 1.29 is 67.4 Å². The molecule has 5 heteroatoms. The number of hydrogen-bond donors (Lipinski definition) is 0. The van der Waals surface area contributed by atoms with Gasteiger partial charge in [0.2, 0.25) is 0 Å². The van der Waals surface area contributed by atoms with Gasteiger partial charge in [-0.3, -0.25) is 0 Å². The number of carboxylic acid groups (broad SMARTS) is 1. The molecule has 3 nitrogen and oxygen atoms in total. The van der Waals surface area contributed by atoms with Gasteiger partial charge in [-0.1, -0.05) is 26.3 Å². The van der Waals surface area contributed by atoms with Crippen molar-refractivity contribution in [3.8, 4) is 0 Å². The Bertz CT molecular complexity index is 113. The average molecular weight is 341 g/mol. The summed E-state index contributed by atoms with van der Waals surface area (Å²) in [6, 6.07) is 0. The molecule has 0 aliphatic heterocycles. The molecule has 0 saturated carbocycles. The normalized spacial score (nSPS) is 6.69. The first-order valence-corrected chi connectivity index (χ1v) is 3.51. The summed E-state index contributed by atoms with van der Waals surface area (Å²) in [5, 5.41) is 19.0. The second-order valence-electron chi connectivity index (χ2n) is 2.13. The van der Waals surface area contributed by atoms with Crippen molar-refractivity contribution in [3.63, 3.8) is 0 Å². The molecular weight excluding hydrogens is 327 g/mol. The number of carbonyl (C=O) groups is 1. The van der Waals surface area contributed by atoms with Gasteiger partial charge in [-0.2, -0.15) is 0 Å². The van der Waals surface area contributed by atoms with Crippen molar-refractivity contribution in [2.45, 2.75) is 26.7 Å². The summed E-state index contributed by atoms with van der Waals surface area (Å²) in [6.45, 7) is 6.58. The SMILES string of the molecule is C=C(C)C(=O)[O-].CCCC[O-].[Zr+4].[Zr+4]. The Balaban J connectivity index is -0.0000000546. The maximum atomic E-state index is 9.53. The number of rotatable bonds is 3. The zero-order chi connectivity index (χ0) is 9.28. The zero-order valence-electron chi connectivity index (χ0n) is 8.05. The molecule has 0 aliphatic rings. The van der Waals surface area contributed by atoms with E-state index in [2.05, 4.69) is 6.58 Å². The van der Waals surface area contributed by atoms with E-state index in [-0.39, 0.29) is 64.6 Å². The summed E-state index contributed by atoms with van der Waals surface area (Å²) >= 11 is 0. The molecule has 0 aromatic rings. The van der Waals surface area contributed by atoms with E-state index in [4.69, 9.17) is 0 Å². The summed E-state index contributed by atoms with van der Waals surface area (Å²) < 4.78 is 0. The molecule has 0 rings (SSSR count). The van der Waals surface area contributed by atoms with E-state index in [9.17, 15) is 15.0 Å². The maximum absolute atomic E-state index is 9.53. The molecule has 0 atom stereocenters. The van der Waals surface area contributed by atoms with Gasteiger partial charge in [-0.15, -0.1) is 6.61 Å². The molecule has 0 bridgehead atoms. The van der Waals surface area contributed by atoms with Crippen molar-refractivity contribution in [2.24, 2.45) is 0 Å². The second kappa shape index (κ2) is 18.7. The number of carbonyl (C=O) groups excluding carboxylic acids is 1. The van der Waals surface area contributed by atoms with Crippen molar-refractivity contribution in [1.82, 2.24) is 0 Å². The number of hydrogen-bond acceptors (Lipinski definition) is 3. The molecule has 0 unspecified atom stereocenters. The first-order chi connectivity index (χ1) is 5.06. The predicted octanol–water partition coefficient (Wildman–Crippen LogP) is -0.546. The summed E-state index contributed by atoms with van der Waals surface area (Å²) in [7, 11) is 0. The van der Waals surface area contributed by atoms with E-state index in [0.29, 0.717) is 0 Å². The summed E-state index contributed by atoms with van der Waals surface area (Å²) in [5.74, 6) is -1.19. The van der Waals surface area contributed by atoms with E-state index in [0.717, 1.165) is 12.8 Å². The van der Waals surface area contributed by atoms with Crippen LogP contribution in [0.1, 0.15) is 26.7 Å². The van der Waals surface area contributed by atoms with Crippen molar-refractivity contribution in [1.29, 1.82) is 0 Å². The fourth-order valence-electron chi connectivity index (χ4n) is 0.144. The van der Waals surface area contributed by atoms with Crippen LogP contribution < -0.4 is 10.2 Å². The second-order valence-corrected chi connectivity index (χ2v) is 2.13. The van der Waals surface area contributed by atoms with Crippen molar-refractivity contribution >= 4 is 5.97 Å². The molecule has 0 aromatic heterocycles. The van der Waals surface area contributed by atoms with Crippen LogP contribution in [-0.2, 0) is 57.2 Å². The van der Waals surface area contributed by atoms with Crippen LogP contribution in [0.25, 0.3) is 0 Å². The monoisotopic (exact) mass is 338 g/mol. The molecule has 0 heterocycles. The molecular formula is C8H14O3Zr2+6. The van der Waals surface area contributed by atoms with Crippen LogP contribution in [0.2, 0.25) is 0 Å². The maximum Gasteiger partial charge on any atom is 4.00 e. The van der Waals surface area contributed by atoms with Gasteiger partial charge < -0.3 is 15.0 Å². The first-order valence-electron chi connectivity index (χ1n) is 3.51. The minimum Gasteiger partial charge on any atom is -0.854 e. The van der Waals surface area contributed by atoms with E-state index in [1.807, 2.05) is 6.92 Å². The molecule has 0 aromatic carbocycles. The topological polar surface area (TPSA) is 63.2 Å². The summed E-state index contributed by atoms with van der Waals surface area (Å²) in [5.41, 5.74) is 0.0648. The standard InChI is InChI=1S/C4H6O2.C4H9O.2Zr/c1-3(2)4(5)6;1-2-3-4-5;;/h1H2,2H3,(H,5,6);2-4H2,1H3;;/q;-1;2*+4/p-1. The molecule has 0 amide bonds. The third-order valence-corrected chi connectivity index (χ3v) is 0.846. The van der Waals surface area contributed by atoms with Gasteiger partial charge in [0.05, 0.1) is 5.97 Å². The van der Waals surface area contributed by atoms with Gasteiger partial charge in [0.25, 0.3) is 0 Å². The molecule has 13 heavy (non-hydrogen) atoms. The van der Waals surface area contributed by atoms with E-state index >= 15 is 0 Å². The molecule has 0 radical (unpaired) electrons. The van der Waals surface area contributed by atoms with Gasteiger partial charge in [-0.05, 0) is 12.5 Å². The molecule has 0 N–H and O–H groups in total. The summed E-state index contributed by atoms with van der Waals surface area (Å²) in [4.78, 5) is 9.49. The van der Waals surface area contributed by atoms with E-state index < -0.39 is 5.97 Å². The largest absolute Gasteiger partial charge is 4.00 e. The number of aliphatic carboxylic acids is 1. The van der Waals surface area contributed by atoms with Crippen LogP contribution in [0.5, 0.6) is 0 Å². The van der Waals surface area contributed by atoms with Crippen LogP contribution in [-0.4, -0.2) is 12.6 Å². The molecule has 0 aliphatic carbocycles. The van der Waals surface area contributed by atoms with Crippen LogP contribution in [0, 0.1) is 0 Å². The van der Waals surface area contributed by atoms with Gasteiger partial charge in [0.15, 0.2) is 0 Å². The zero-order valence-corrected chi connectivity index (χ0v) is 13.0. The van der Waals surface area contributed by atoms with Crippen molar-refractivity contribution in [3.05, 3.63) is 12.2 Å². The number of carboxylic acids is 1. The summed E-state index contributed by atoms with van der Waals surface area (Å²) in [6.07, 6.45) is 1.86. The minimum atomic E-state index is -1.19. The van der Waals surface area contributed by atoms with Crippen LogP contribution in [0.4, 0.5) is 0 Å². The van der Waals surface area contributed by atoms with Gasteiger partial charge in [-0.25, -0.2) is 0 Å². The fourth-order valence-corrected chi connectivity index (χ4v) is 0.144. The third-order valence-electron chi connectivity index (χ3n) is 0.846. The Morgan fingerprint density at radius 3 is 1.69 bits per heavy atom. The average Bonchev–Trinajstić information content (AvgIpc) is 1.90. The number of unbranched alkanes of at least 4 members (excludes halogenated alkanes) is 1. The molecule has 0 fully saturated rings. The quantitative estimate of drug-likeness (QED) is 0.648. The van der Waals surface area contributed by atoms with E-state index in [1.54, 1.807) is 0 Å². The Labute approximate surface area is 118 Å². The third kappa shape index (κ3) is 32.2. The fraction of sp³-hybridized carbons (Fsp3) is 0.625. The Morgan fingerprint density at radius 1 is 1.38 bits per heavy atom. The molecule has 0 saturated heterocycles.